The van der Waals surface area contributed by atoms with E-state index >= 15 is 0 Å². The van der Waals surface area contributed by atoms with Gasteiger partial charge in [0.1, 0.15) is 35.5 Å². The van der Waals surface area contributed by atoms with Crippen molar-refractivity contribution >= 4 is 32.9 Å². The van der Waals surface area contributed by atoms with Gasteiger partial charge in [-0.25, -0.2) is 8.42 Å². The number of nitrogens with zero attached hydrogens (tertiary/aromatic N) is 3. The van der Waals surface area contributed by atoms with E-state index in [1.165, 1.54) is 11.4 Å². The highest BCUT2D eigenvalue weighted by Crippen LogP contribution is 2.62. The van der Waals surface area contributed by atoms with Crippen molar-refractivity contribution in [3.05, 3.63) is 114 Å². The number of sulfonamides is 1. The number of benzene rings is 3. The molecule has 1 aromatic heterocycles. The summed E-state index contributed by atoms with van der Waals surface area (Å²) in [7, 11) is -1.22. The van der Waals surface area contributed by atoms with Crippen molar-refractivity contribution < 1.29 is 42.5 Å². The van der Waals surface area contributed by atoms with Gasteiger partial charge in [0.2, 0.25) is 15.8 Å². The number of oxime groups is 1. The lowest BCUT2D eigenvalue weighted by atomic mass is 9.55. The number of carbonyl (C=O) groups is 1. The largest absolute Gasteiger partial charge is 0.460 e. The number of ether oxygens (including phenoxy) is 3. The Hall–Kier alpha value is -4.92. The maximum atomic E-state index is 15.0. The number of aliphatic hydroxyl groups is 2. The van der Waals surface area contributed by atoms with Crippen LogP contribution in [-0.4, -0.2) is 85.7 Å². The molecule has 4 aromatic rings. The number of para-hydroxylation sites is 1. The third kappa shape index (κ3) is 7.81. The number of hydrogen-bond acceptors (Lipinski definition) is 11. The molecule has 12 nitrogen and oxygen atoms in total. The van der Waals surface area contributed by atoms with Gasteiger partial charge >= 0.3 is 0 Å². The number of carbonyl (C=O) groups excluding carboxylic acids is 1. The van der Waals surface area contributed by atoms with Gasteiger partial charge in [-0.2, -0.15) is 4.31 Å². The molecule has 1 aliphatic heterocycles. The minimum absolute atomic E-state index is 0.0197. The summed E-state index contributed by atoms with van der Waals surface area (Å²) in [4.78, 5) is 21.6. The number of fused-ring (bicyclic) bond motifs is 3. The summed E-state index contributed by atoms with van der Waals surface area (Å²) in [5, 5.41) is 25.0. The standard InChI is InChI=1S/C45H51N3O9S/c1-4-24-55-45-41(48(2)58(52,53)40-18-10-14-31-15-11-21-46-44(31)40)28-38(47-54-3)36-26-32(13-5-7-22-49)35(17-6-8-23-50)42(43(36)45)37-27-34(19-20-39(37)57-45)56-33-16-9-12-30(25-33)29-51/h4,9-12,14-16,18-21,25-27,29,32,35,41-43,49-50H,1,5-8,13,17,22-24,28H2,2-3H3. The summed E-state index contributed by atoms with van der Waals surface area (Å²) in [6, 6.07) is 20.3. The van der Waals surface area contributed by atoms with E-state index in [1.54, 1.807) is 67.9 Å². The van der Waals surface area contributed by atoms with Crippen LogP contribution in [0.4, 0.5) is 0 Å². The number of hydrogen-bond donors (Lipinski definition) is 2. The molecule has 2 heterocycles. The second kappa shape index (κ2) is 17.9. The molecule has 6 unspecified atom stereocenters. The molecule has 0 bridgehead atoms. The highest BCUT2D eigenvalue weighted by Gasteiger charge is 2.65. The summed E-state index contributed by atoms with van der Waals surface area (Å²) >= 11 is 0. The lowest BCUT2D eigenvalue weighted by Gasteiger charge is -2.59. The van der Waals surface area contributed by atoms with Gasteiger partial charge in [-0.3, -0.25) is 9.78 Å². The van der Waals surface area contributed by atoms with Gasteiger partial charge in [0.05, 0.1) is 29.8 Å². The SMILES string of the molecule is C=CCOC12Oc3ccc(Oc4cccc(C=O)c4)cc3C3C(CCCCO)C(CCCCO)C=C(C(=NOC)CC1N(C)S(=O)(=O)c1cccc4cccnc14)C32. The molecule has 0 spiro atoms. The van der Waals surface area contributed by atoms with Gasteiger partial charge in [-0.15, -0.1) is 6.58 Å². The molecule has 2 aliphatic carbocycles. The van der Waals surface area contributed by atoms with Crippen molar-refractivity contribution in [2.24, 2.45) is 22.9 Å². The van der Waals surface area contributed by atoms with Gasteiger partial charge in [0, 0.05) is 55.3 Å². The first-order valence-corrected chi connectivity index (χ1v) is 21.3. The van der Waals surface area contributed by atoms with E-state index in [2.05, 4.69) is 22.8 Å². The molecule has 1 fully saturated rings. The summed E-state index contributed by atoms with van der Waals surface area (Å²) in [6.45, 7) is 4.16. The van der Waals surface area contributed by atoms with E-state index in [4.69, 9.17) is 19.0 Å². The van der Waals surface area contributed by atoms with Crippen molar-refractivity contribution in [1.29, 1.82) is 0 Å². The second-order valence-electron chi connectivity index (χ2n) is 15.1. The predicted molar refractivity (Wildman–Crippen MR) is 221 cm³/mol. The summed E-state index contributed by atoms with van der Waals surface area (Å²) in [6.07, 6.45) is 10.7. The predicted octanol–water partition coefficient (Wildman–Crippen LogP) is 7.42. The lowest BCUT2D eigenvalue weighted by molar-refractivity contribution is -0.250. The highest BCUT2D eigenvalue weighted by molar-refractivity contribution is 7.89. The molecule has 0 radical (unpaired) electrons. The number of aldehydes is 1. The van der Waals surface area contributed by atoms with E-state index in [0.717, 1.165) is 43.1 Å². The number of aliphatic hydroxyl groups excluding tert-OH is 2. The third-order valence-electron chi connectivity index (χ3n) is 11.8. The van der Waals surface area contributed by atoms with Crippen LogP contribution in [0.25, 0.3) is 10.9 Å². The van der Waals surface area contributed by atoms with Crippen LogP contribution in [0, 0.1) is 17.8 Å². The van der Waals surface area contributed by atoms with Gasteiger partial charge in [0.15, 0.2) is 0 Å². The Balaban J connectivity index is 1.45. The number of aromatic nitrogens is 1. The Morgan fingerprint density at radius 1 is 1.00 bits per heavy atom. The molecule has 3 aromatic carbocycles. The molecule has 0 amide bonds. The van der Waals surface area contributed by atoms with E-state index in [-0.39, 0.29) is 48.9 Å². The van der Waals surface area contributed by atoms with Crippen LogP contribution < -0.4 is 9.47 Å². The summed E-state index contributed by atoms with van der Waals surface area (Å²) < 4.78 is 51.8. The molecule has 7 rings (SSSR count). The number of rotatable bonds is 18. The molecule has 2 N–H and O–H groups in total. The van der Waals surface area contributed by atoms with Gasteiger partial charge in [-0.1, -0.05) is 60.5 Å². The van der Waals surface area contributed by atoms with Gasteiger partial charge < -0.3 is 29.3 Å². The van der Waals surface area contributed by atoms with Crippen molar-refractivity contribution in [3.8, 4) is 17.2 Å². The van der Waals surface area contributed by atoms with Crippen LogP contribution in [0.1, 0.15) is 66.8 Å². The van der Waals surface area contributed by atoms with Crippen LogP contribution in [0.5, 0.6) is 17.2 Å². The minimum Gasteiger partial charge on any atom is -0.460 e. The second-order valence-corrected chi connectivity index (χ2v) is 17.1. The highest BCUT2D eigenvalue weighted by atomic mass is 32.2. The molecule has 3 aliphatic rings. The fourth-order valence-corrected chi connectivity index (χ4v) is 10.8. The topological polar surface area (TPSA) is 157 Å². The zero-order valence-corrected chi connectivity index (χ0v) is 33.7. The Morgan fingerprint density at radius 2 is 1.76 bits per heavy atom. The van der Waals surface area contributed by atoms with Crippen molar-refractivity contribution in [2.45, 2.75) is 67.6 Å². The minimum atomic E-state index is -4.25. The zero-order chi connectivity index (χ0) is 40.9. The fraction of sp³-hybridized carbons (Fsp3) is 0.400. The Bertz CT molecular complexity index is 2290. The monoisotopic (exact) mass is 809 g/mol. The maximum Gasteiger partial charge on any atom is 0.245 e. The van der Waals surface area contributed by atoms with Gasteiger partial charge in [0.25, 0.3) is 0 Å². The van der Waals surface area contributed by atoms with E-state index in [1.807, 2.05) is 24.3 Å². The van der Waals surface area contributed by atoms with Crippen LogP contribution in [-0.2, 0) is 19.6 Å². The number of unbranched alkanes of at least 4 members (excludes halogenated alkanes) is 2. The molecule has 306 valence electrons. The molecule has 6 atom stereocenters. The van der Waals surface area contributed by atoms with Crippen LogP contribution in [0.3, 0.4) is 0 Å². The Kier molecular flexibility index (Phi) is 12.7. The van der Waals surface area contributed by atoms with E-state index < -0.39 is 27.8 Å². The zero-order valence-electron chi connectivity index (χ0n) is 32.9. The van der Waals surface area contributed by atoms with Crippen LogP contribution >= 0.6 is 0 Å². The molecule has 1 saturated carbocycles. The summed E-state index contributed by atoms with van der Waals surface area (Å²) in [5.41, 5.74) is 3.14. The first kappa shape index (κ1) is 41.2. The average Bonchev–Trinajstić information content (AvgIpc) is 3.24. The maximum absolute atomic E-state index is 15.0. The first-order chi connectivity index (χ1) is 28.2. The third-order valence-corrected chi connectivity index (χ3v) is 13.7. The smallest absolute Gasteiger partial charge is 0.245 e. The van der Waals surface area contributed by atoms with Crippen molar-refractivity contribution in [1.82, 2.24) is 9.29 Å². The van der Waals surface area contributed by atoms with Crippen LogP contribution in [0.2, 0.25) is 0 Å². The number of allylic oxidation sites excluding steroid dienone is 1. The Morgan fingerprint density at radius 3 is 2.52 bits per heavy atom. The van der Waals surface area contributed by atoms with E-state index in [9.17, 15) is 23.4 Å². The summed E-state index contributed by atoms with van der Waals surface area (Å²) in [5.74, 6) is -0.901. The molecule has 13 heteroatoms. The van der Waals surface area contributed by atoms with E-state index in [0.29, 0.717) is 52.3 Å². The molecule has 0 saturated heterocycles. The van der Waals surface area contributed by atoms with Crippen molar-refractivity contribution in [2.75, 3.05) is 34.0 Å². The Labute approximate surface area is 339 Å². The van der Waals surface area contributed by atoms with Gasteiger partial charge in [-0.05, 0) is 85.6 Å². The fourth-order valence-electron chi connectivity index (χ4n) is 9.27. The lowest BCUT2D eigenvalue weighted by Crippen LogP contribution is -2.69. The number of pyridine rings is 1. The molecule has 58 heavy (non-hydrogen) atoms. The first-order valence-electron chi connectivity index (χ1n) is 19.9. The van der Waals surface area contributed by atoms with Crippen molar-refractivity contribution in [3.63, 3.8) is 0 Å². The average molecular weight is 810 g/mol. The quantitative estimate of drug-likeness (QED) is 0.0449. The molecular formula is C45H51N3O9S. The number of likely N-dealkylation sites (N-methyl/N-ethyl adjacent to an activating group) is 1. The molecular weight excluding hydrogens is 759 g/mol. The van der Waals surface area contributed by atoms with Crippen LogP contribution in [0.15, 0.2) is 113 Å². The normalized spacial score (nSPS) is 24.4.